The van der Waals surface area contributed by atoms with Crippen molar-refractivity contribution in [2.75, 3.05) is 13.1 Å². The first-order chi connectivity index (χ1) is 9.15. The third kappa shape index (κ3) is 1.63. The molecule has 5 heteroatoms. The molecule has 2 fully saturated rings. The topological polar surface area (TPSA) is 51.0 Å². The highest BCUT2D eigenvalue weighted by atomic mass is 16.2. The Kier molecular flexibility index (Phi) is 2.29. The van der Waals surface area contributed by atoms with E-state index in [1.807, 2.05) is 6.92 Å². The number of rotatable bonds is 1. The molecule has 4 atom stereocenters. The normalized spacial score (nSPS) is 36.0. The minimum atomic E-state index is 0.307. The van der Waals surface area contributed by atoms with Crippen LogP contribution in [-0.4, -0.2) is 38.7 Å². The van der Waals surface area contributed by atoms with E-state index in [9.17, 15) is 4.79 Å². The molecular weight excluding hydrogens is 240 g/mol. The Bertz CT molecular complexity index is 538. The number of aromatic nitrogens is 3. The minimum absolute atomic E-state index is 0.307. The van der Waals surface area contributed by atoms with Crippen molar-refractivity contribution in [3.63, 3.8) is 0 Å². The molecule has 2 aliphatic heterocycles. The van der Waals surface area contributed by atoms with Crippen molar-refractivity contribution in [2.24, 2.45) is 17.8 Å². The molecule has 2 unspecified atom stereocenters. The van der Waals surface area contributed by atoms with Gasteiger partial charge in [0, 0.05) is 25.4 Å². The Hall–Kier alpha value is -1.39. The molecule has 5 nitrogen and oxygen atoms in total. The summed E-state index contributed by atoms with van der Waals surface area (Å²) in [6.07, 6.45) is 3.23. The molecule has 102 valence electrons. The van der Waals surface area contributed by atoms with Crippen molar-refractivity contribution in [3.05, 3.63) is 11.6 Å². The monoisotopic (exact) mass is 260 g/mol. The molecule has 0 N–H and O–H groups in total. The minimum Gasteiger partial charge on any atom is -0.340 e. The molecule has 1 aliphatic carbocycles. The summed E-state index contributed by atoms with van der Waals surface area (Å²) in [6.45, 7) is 5.99. The van der Waals surface area contributed by atoms with Crippen molar-refractivity contribution < 1.29 is 4.79 Å². The number of likely N-dealkylation sites (tertiary alicyclic amines) is 1. The molecule has 4 rings (SSSR count). The van der Waals surface area contributed by atoms with E-state index in [0.717, 1.165) is 44.0 Å². The molecule has 1 amide bonds. The van der Waals surface area contributed by atoms with Gasteiger partial charge in [0.25, 0.3) is 0 Å². The smallest absolute Gasteiger partial charge is 0.226 e. The molecule has 0 spiro atoms. The van der Waals surface area contributed by atoms with Gasteiger partial charge in [0.15, 0.2) is 0 Å². The van der Waals surface area contributed by atoms with E-state index in [0.29, 0.717) is 29.7 Å². The van der Waals surface area contributed by atoms with Crippen LogP contribution in [0.1, 0.15) is 37.5 Å². The van der Waals surface area contributed by atoms with Crippen molar-refractivity contribution in [1.29, 1.82) is 0 Å². The fourth-order valence-electron chi connectivity index (χ4n) is 3.84. The maximum atomic E-state index is 12.4. The standard InChI is InChI=1S/C14H20N4O/c1-8-5-11(8)14(19)17-6-10-3-4-13-16-15-9(2)18(13)12(10)7-17/h8,10-12H,3-7H2,1-2H3/t8?,10-,11?,12+/m1/s1. The molecule has 1 aromatic heterocycles. The first-order valence-electron chi connectivity index (χ1n) is 7.34. The largest absolute Gasteiger partial charge is 0.340 e. The summed E-state index contributed by atoms with van der Waals surface area (Å²) in [5, 5.41) is 8.45. The van der Waals surface area contributed by atoms with Crippen LogP contribution >= 0.6 is 0 Å². The Morgan fingerprint density at radius 3 is 2.84 bits per heavy atom. The maximum Gasteiger partial charge on any atom is 0.226 e. The zero-order valence-electron chi connectivity index (χ0n) is 11.5. The number of carbonyl (C=O) groups excluding carboxylic acids is 1. The van der Waals surface area contributed by atoms with Gasteiger partial charge in [-0.2, -0.15) is 0 Å². The van der Waals surface area contributed by atoms with Gasteiger partial charge in [0.1, 0.15) is 11.6 Å². The molecule has 1 aromatic rings. The molecule has 3 aliphatic rings. The summed E-state index contributed by atoms with van der Waals surface area (Å²) < 4.78 is 2.28. The predicted molar refractivity (Wildman–Crippen MR) is 69.5 cm³/mol. The summed E-state index contributed by atoms with van der Waals surface area (Å²) in [4.78, 5) is 14.5. The fraction of sp³-hybridized carbons (Fsp3) is 0.786. The molecular formula is C14H20N4O. The van der Waals surface area contributed by atoms with Crippen LogP contribution in [0.25, 0.3) is 0 Å². The van der Waals surface area contributed by atoms with Crippen LogP contribution < -0.4 is 0 Å². The van der Waals surface area contributed by atoms with Gasteiger partial charge >= 0.3 is 0 Å². The number of aryl methyl sites for hydroxylation is 2. The lowest BCUT2D eigenvalue weighted by Crippen LogP contribution is -2.31. The Morgan fingerprint density at radius 1 is 1.32 bits per heavy atom. The van der Waals surface area contributed by atoms with Crippen LogP contribution in [-0.2, 0) is 11.2 Å². The first-order valence-corrected chi connectivity index (χ1v) is 7.34. The van der Waals surface area contributed by atoms with E-state index >= 15 is 0 Å². The summed E-state index contributed by atoms with van der Waals surface area (Å²) in [6, 6.07) is 0.414. The maximum absolute atomic E-state index is 12.4. The average Bonchev–Trinajstić information content (AvgIpc) is 2.84. The van der Waals surface area contributed by atoms with E-state index in [1.165, 1.54) is 0 Å². The highest BCUT2D eigenvalue weighted by Gasteiger charge is 2.46. The van der Waals surface area contributed by atoms with Gasteiger partial charge in [-0.1, -0.05) is 6.92 Å². The number of nitrogens with zero attached hydrogens (tertiary/aromatic N) is 4. The second-order valence-electron chi connectivity index (χ2n) is 6.46. The van der Waals surface area contributed by atoms with Gasteiger partial charge in [-0.3, -0.25) is 4.79 Å². The van der Waals surface area contributed by atoms with Gasteiger partial charge in [0.2, 0.25) is 5.91 Å². The van der Waals surface area contributed by atoms with Gasteiger partial charge < -0.3 is 9.47 Å². The third-order valence-corrected chi connectivity index (χ3v) is 5.15. The van der Waals surface area contributed by atoms with Crippen LogP contribution in [0.2, 0.25) is 0 Å². The zero-order valence-corrected chi connectivity index (χ0v) is 11.5. The number of hydrogen-bond donors (Lipinski definition) is 0. The SMILES string of the molecule is Cc1nnc2n1[C@H]1CN(C(=O)C3CC3C)C[C@H]1CC2. The van der Waals surface area contributed by atoms with E-state index in [1.54, 1.807) is 0 Å². The van der Waals surface area contributed by atoms with Crippen LogP contribution in [0.3, 0.4) is 0 Å². The molecule has 19 heavy (non-hydrogen) atoms. The first kappa shape index (κ1) is 11.4. The quantitative estimate of drug-likeness (QED) is 0.762. The third-order valence-electron chi connectivity index (χ3n) is 5.15. The van der Waals surface area contributed by atoms with Gasteiger partial charge in [0.05, 0.1) is 6.04 Å². The van der Waals surface area contributed by atoms with Crippen molar-refractivity contribution >= 4 is 5.91 Å². The molecule has 0 bridgehead atoms. The van der Waals surface area contributed by atoms with Crippen molar-refractivity contribution in [2.45, 2.75) is 39.2 Å². The van der Waals surface area contributed by atoms with Gasteiger partial charge in [-0.25, -0.2) is 0 Å². The Morgan fingerprint density at radius 2 is 2.11 bits per heavy atom. The summed E-state index contributed by atoms with van der Waals surface area (Å²) in [5.74, 6) is 3.99. The number of carbonyl (C=O) groups is 1. The average molecular weight is 260 g/mol. The lowest BCUT2D eigenvalue weighted by molar-refractivity contribution is -0.132. The van der Waals surface area contributed by atoms with E-state index < -0.39 is 0 Å². The molecule has 1 saturated carbocycles. The van der Waals surface area contributed by atoms with Crippen molar-refractivity contribution in [1.82, 2.24) is 19.7 Å². The van der Waals surface area contributed by atoms with E-state index in [4.69, 9.17) is 0 Å². The van der Waals surface area contributed by atoms with E-state index in [-0.39, 0.29) is 0 Å². The highest BCUT2D eigenvalue weighted by molar-refractivity contribution is 5.82. The lowest BCUT2D eigenvalue weighted by atomic mass is 9.94. The van der Waals surface area contributed by atoms with E-state index in [2.05, 4.69) is 26.6 Å². The second-order valence-corrected chi connectivity index (χ2v) is 6.46. The molecule has 1 saturated heterocycles. The molecule has 3 heterocycles. The van der Waals surface area contributed by atoms with Gasteiger partial charge in [-0.15, -0.1) is 10.2 Å². The number of amides is 1. The van der Waals surface area contributed by atoms with Crippen LogP contribution in [0, 0.1) is 24.7 Å². The second kappa shape index (κ2) is 3.81. The van der Waals surface area contributed by atoms with Crippen molar-refractivity contribution in [3.8, 4) is 0 Å². The summed E-state index contributed by atoms with van der Waals surface area (Å²) in [7, 11) is 0. The highest BCUT2D eigenvalue weighted by Crippen LogP contribution is 2.43. The van der Waals surface area contributed by atoms with Crippen LogP contribution in [0.4, 0.5) is 0 Å². The fourth-order valence-corrected chi connectivity index (χ4v) is 3.84. The zero-order chi connectivity index (χ0) is 13.1. The Labute approximate surface area is 113 Å². The molecule has 0 aromatic carbocycles. The number of hydrogen-bond acceptors (Lipinski definition) is 3. The Balaban J connectivity index is 1.58. The number of fused-ring (bicyclic) bond motifs is 3. The van der Waals surface area contributed by atoms with Crippen LogP contribution in [0.15, 0.2) is 0 Å². The lowest BCUT2D eigenvalue weighted by Gasteiger charge is -2.26. The van der Waals surface area contributed by atoms with Crippen LogP contribution in [0.5, 0.6) is 0 Å². The predicted octanol–water partition coefficient (Wildman–Crippen LogP) is 1.19. The van der Waals surface area contributed by atoms with Gasteiger partial charge in [-0.05, 0) is 31.6 Å². The molecule has 0 radical (unpaired) electrons. The summed E-state index contributed by atoms with van der Waals surface area (Å²) in [5.41, 5.74) is 0. The summed E-state index contributed by atoms with van der Waals surface area (Å²) >= 11 is 0.